The van der Waals surface area contributed by atoms with Crippen LogP contribution in [0.4, 0.5) is 11.5 Å². The molecule has 2 unspecified atom stereocenters. The van der Waals surface area contributed by atoms with Gasteiger partial charge in [0.1, 0.15) is 5.82 Å². The normalized spacial score (nSPS) is 27.5. The molecule has 2 aliphatic heterocycles. The Hall–Kier alpha value is -2.56. The van der Waals surface area contributed by atoms with E-state index in [1.165, 1.54) is 24.0 Å². The summed E-state index contributed by atoms with van der Waals surface area (Å²) in [7, 11) is 0. The van der Waals surface area contributed by atoms with E-state index in [4.69, 9.17) is 5.73 Å². The maximum absolute atomic E-state index is 13.2. The van der Waals surface area contributed by atoms with Crippen molar-refractivity contribution in [2.75, 3.05) is 10.6 Å². The molecule has 1 aromatic heterocycles. The molecule has 1 aliphatic carbocycles. The third-order valence-electron chi connectivity index (χ3n) is 6.89. The second-order valence-electron chi connectivity index (χ2n) is 8.83. The van der Waals surface area contributed by atoms with Crippen molar-refractivity contribution in [3.05, 3.63) is 53.7 Å². The van der Waals surface area contributed by atoms with Gasteiger partial charge < -0.3 is 16.0 Å². The lowest BCUT2D eigenvalue weighted by Crippen LogP contribution is -2.52. The van der Waals surface area contributed by atoms with Crippen molar-refractivity contribution in [1.82, 2.24) is 10.3 Å². The van der Waals surface area contributed by atoms with Crippen LogP contribution in [-0.2, 0) is 10.2 Å². The molecule has 0 spiro atoms. The van der Waals surface area contributed by atoms with Crippen LogP contribution in [0, 0.1) is 6.92 Å². The van der Waals surface area contributed by atoms with Gasteiger partial charge in [-0.1, -0.05) is 29.8 Å². The fourth-order valence-corrected chi connectivity index (χ4v) is 5.19. The summed E-state index contributed by atoms with van der Waals surface area (Å²) in [6.07, 6.45) is 8.00. The molecule has 3 fully saturated rings. The van der Waals surface area contributed by atoms with Crippen molar-refractivity contribution in [1.29, 1.82) is 0 Å². The Balaban J connectivity index is 1.27. The number of pyridine rings is 1. The van der Waals surface area contributed by atoms with Crippen molar-refractivity contribution >= 4 is 17.4 Å². The molecule has 2 aromatic rings. The number of aromatic nitrogens is 1. The second kappa shape index (κ2) is 6.50. The zero-order valence-corrected chi connectivity index (χ0v) is 16.4. The van der Waals surface area contributed by atoms with Crippen LogP contribution in [0.3, 0.4) is 0 Å². The van der Waals surface area contributed by atoms with Crippen LogP contribution in [0.5, 0.6) is 0 Å². The number of fused-ring (bicyclic) bond motifs is 2. The number of benzene rings is 1. The first-order chi connectivity index (χ1) is 13.5. The molecule has 2 saturated heterocycles. The molecule has 3 aliphatic rings. The van der Waals surface area contributed by atoms with E-state index in [-0.39, 0.29) is 17.4 Å². The molecular formula is C23H28N4O. The van der Waals surface area contributed by atoms with E-state index >= 15 is 0 Å². The van der Waals surface area contributed by atoms with Gasteiger partial charge in [-0.25, -0.2) is 4.98 Å². The Morgan fingerprint density at radius 1 is 1.11 bits per heavy atom. The van der Waals surface area contributed by atoms with Crippen molar-refractivity contribution in [3.8, 4) is 0 Å². The maximum atomic E-state index is 13.2. The number of nitrogen functional groups attached to an aromatic ring is 1. The Labute approximate surface area is 166 Å². The van der Waals surface area contributed by atoms with E-state index in [1.54, 1.807) is 6.20 Å². The molecule has 5 nitrogen and oxygen atoms in total. The van der Waals surface area contributed by atoms with Crippen LogP contribution in [0.25, 0.3) is 0 Å². The predicted octanol–water partition coefficient (Wildman–Crippen LogP) is 3.32. The molecule has 5 heteroatoms. The van der Waals surface area contributed by atoms with Crippen molar-refractivity contribution in [2.24, 2.45) is 0 Å². The first-order valence-corrected chi connectivity index (χ1v) is 10.4. The van der Waals surface area contributed by atoms with Crippen LogP contribution >= 0.6 is 0 Å². The number of carbonyl (C=O) groups excluding carboxylic acids is 1. The first-order valence-electron chi connectivity index (χ1n) is 10.4. The van der Waals surface area contributed by atoms with Crippen LogP contribution in [0.1, 0.15) is 49.7 Å². The zero-order valence-electron chi connectivity index (χ0n) is 16.4. The SMILES string of the molecule is Cc1ccc(C2(C(=O)NC3CC4CCC(C3)N4c3ccc(N)cn3)CC2)cc1. The Morgan fingerprint density at radius 2 is 1.79 bits per heavy atom. The van der Waals surface area contributed by atoms with Gasteiger partial charge in [-0.3, -0.25) is 4.79 Å². The van der Waals surface area contributed by atoms with Gasteiger partial charge in [0, 0.05) is 18.1 Å². The number of hydrogen-bond donors (Lipinski definition) is 2. The fraction of sp³-hybridized carbons (Fsp3) is 0.478. The first kappa shape index (κ1) is 17.5. The topological polar surface area (TPSA) is 71.2 Å². The molecule has 1 amide bonds. The fourth-order valence-electron chi connectivity index (χ4n) is 5.19. The van der Waals surface area contributed by atoms with E-state index < -0.39 is 0 Å². The van der Waals surface area contributed by atoms with Crippen LogP contribution in [0.15, 0.2) is 42.6 Å². The molecule has 28 heavy (non-hydrogen) atoms. The lowest BCUT2D eigenvalue weighted by Gasteiger charge is -2.40. The summed E-state index contributed by atoms with van der Waals surface area (Å²) in [5.41, 5.74) is 8.61. The molecule has 1 aromatic carbocycles. The highest BCUT2D eigenvalue weighted by Crippen LogP contribution is 2.49. The quantitative estimate of drug-likeness (QED) is 0.859. The third-order valence-corrected chi connectivity index (χ3v) is 6.89. The minimum atomic E-state index is -0.289. The van der Waals surface area contributed by atoms with Crippen LogP contribution in [-0.4, -0.2) is 29.0 Å². The Morgan fingerprint density at radius 3 is 2.36 bits per heavy atom. The van der Waals surface area contributed by atoms with Crippen molar-refractivity contribution < 1.29 is 4.79 Å². The number of nitrogens with zero attached hydrogens (tertiary/aromatic N) is 2. The average molecular weight is 377 g/mol. The third kappa shape index (κ3) is 2.93. The molecule has 0 radical (unpaired) electrons. The number of nitrogens with two attached hydrogens (primary N) is 1. The molecule has 3 heterocycles. The minimum absolute atomic E-state index is 0.222. The highest BCUT2D eigenvalue weighted by atomic mass is 16.2. The average Bonchev–Trinajstić information content (AvgIpc) is 3.45. The largest absolute Gasteiger partial charge is 0.397 e. The molecular weight excluding hydrogens is 348 g/mol. The number of carbonyl (C=O) groups is 1. The number of aryl methyl sites for hydroxylation is 1. The van der Waals surface area contributed by atoms with Crippen LogP contribution in [0.2, 0.25) is 0 Å². The number of nitrogens with one attached hydrogen (secondary N) is 1. The Kier molecular flexibility index (Phi) is 4.07. The van der Waals surface area contributed by atoms with Crippen molar-refractivity contribution in [2.45, 2.75) is 69.0 Å². The van der Waals surface area contributed by atoms with Gasteiger partial charge in [0.25, 0.3) is 0 Å². The highest BCUT2D eigenvalue weighted by Gasteiger charge is 2.52. The monoisotopic (exact) mass is 376 g/mol. The maximum Gasteiger partial charge on any atom is 0.230 e. The van der Waals surface area contributed by atoms with E-state index in [1.807, 2.05) is 12.1 Å². The smallest absolute Gasteiger partial charge is 0.230 e. The number of piperidine rings is 1. The van der Waals surface area contributed by atoms with Gasteiger partial charge in [0.2, 0.25) is 5.91 Å². The van der Waals surface area contributed by atoms with E-state index in [0.717, 1.165) is 31.5 Å². The van der Waals surface area contributed by atoms with Crippen molar-refractivity contribution in [3.63, 3.8) is 0 Å². The lowest BCUT2D eigenvalue weighted by atomic mass is 9.92. The summed E-state index contributed by atoms with van der Waals surface area (Å²) in [5, 5.41) is 3.41. The van der Waals surface area contributed by atoms with E-state index in [2.05, 4.69) is 46.4 Å². The van der Waals surface area contributed by atoms with E-state index in [9.17, 15) is 4.79 Å². The van der Waals surface area contributed by atoms with Gasteiger partial charge in [-0.15, -0.1) is 0 Å². The van der Waals surface area contributed by atoms with Gasteiger partial charge in [0.05, 0.1) is 17.3 Å². The zero-order chi connectivity index (χ0) is 19.3. The molecule has 146 valence electrons. The van der Waals surface area contributed by atoms with Gasteiger partial charge in [-0.2, -0.15) is 0 Å². The Bertz CT molecular complexity index is 858. The predicted molar refractivity (Wildman–Crippen MR) is 111 cm³/mol. The van der Waals surface area contributed by atoms with E-state index in [0.29, 0.717) is 17.8 Å². The molecule has 2 atom stereocenters. The van der Waals surface area contributed by atoms with Crippen LogP contribution < -0.4 is 16.0 Å². The minimum Gasteiger partial charge on any atom is -0.397 e. The van der Waals surface area contributed by atoms with Gasteiger partial charge in [0.15, 0.2) is 0 Å². The number of amides is 1. The molecule has 1 saturated carbocycles. The number of rotatable bonds is 4. The summed E-state index contributed by atoms with van der Waals surface area (Å²) < 4.78 is 0. The summed E-state index contributed by atoms with van der Waals surface area (Å²) in [6, 6.07) is 13.6. The highest BCUT2D eigenvalue weighted by molar-refractivity contribution is 5.91. The summed E-state index contributed by atoms with van der Waals surface area (Å²) in [4.78, 5) is 20.1. The molecule has 2 bridgehead atoms. The van der Waals surface area contributed by atoms with Gasteiger partial charge in [-0.05, 0) is 63.1 Å². The number of hydrogen-bond acceptors (Lipinski definition) is 4. The summed E-state index contributed by atoms with van der Waals surface area (Å²) in [6.45, 7) is 2.09. The summed E-state index contributed by atoms with van der Waals surface area (Å²) in [5.74, 6) is 1.24. The van der Waals surface area contributed by atoms with Gasteiger partial charge >= 0.3 is 0 Å². The standard InChI is InChI=1S/C23H28N4O/c1-15-2-4-16(5-3-15)23(10-11-23)22(28)26-18-12-19-7-8-20(13-18)27(19)21-9-6-17(24)14-25-21/h2-6,9,14,18-20H,7-8,10-13,24H2,1H3,(H,26,28). The molecule has 3 N–H and O–H groups in total. The summed E-state index contributed by atoms with van der Waals surface area (Å²) >= 11 is 0. The molecule has 5 rings (SSSR count). The second-order valence-corrected chi connectivity index (χ2v) is 8.83. The lowest BCUT2D eigenvalue weighted by molar-refractivity contribution is -0.124. The number of anilines is 2.